The highest BCUT2D eigenvalue weighted by Crippen LogP contribution is 2.26. The molecule has 0 radical (unpaired) electrons. The monoisotopic (exact) mass is 322 g/mol. The molecule has 0 aliphatic carbocycles. The van der Waals surface area contributed by atoms with E-state index in [1.807, 2.05) is 0 Å². The zero-order valence-electron chi connectivity index (χ0n) is 11.0. The van der Waals surface area contributed by atoms with Gasteiger partial charge in [0.2, 0.25) is 0 Å². The van der Waals surface area contributed by atoms with E-state index >= 15 is 0 Å². The van der Waals surface area contributed by atoms with E-state index in [9.17, 15) is 18.0 Å². The maximum atomic E-state index is 12.1. The molecule has 0 unspecified atom stereocenters. The Kier molecular flexibility index (Phi) is 4.13. The summed E-state index contributed by atoms with van der Waals surface area (Å²) >= 11 is 0. The molecular formula is C14H10O7S. The quantitative estimate of drug-likeness (QED) is 0.806. The topological polar surface area (TPSA) is 118 Å². The maximum absolute atomic E-state index is 12.1. The fourth-order valence-electron chi connectivity index (χ4n) is 1.75. The van der Waals surface area contributed by atoms with Gasteiger partial charge in [-0.1, -0.05) is 24.3 Å². The van der Waals surface area contributed by atoms with Gasteiger partial charge in [0, 0.05) is 0 Å². The van der Waals surface area contributed by atoms with Crippen molar-refractivity contribution < 1.29 is 32.4 Å². The smallest absolute Gasteiger partial charge is 0.340 e. The van der Waals surface area contributed by atoms with E-state index < -0.39 is 38.9 Å². The third kappa shape index (κ3) is 3.07. The van der Waals surface area contributed by atoms with Crippen molar-refractivity contribution in [2.45, 2.75) is 4.90 Å². The standard InChI is InChI=1S/C14H10O7S/c15-13(16)10-7-4-8-11(12(10)14(17)18)21-22(19,20)9-5-2-1-3-6-9/h1-8H,(H,15,16)(H,17,18). The zero-order chi connectivity index (χ0) is 16.3. The summed E-state index contributed by atoms with van der Waals surface area (Å²) in [5, 5.41) is 18.1. The van der Waals surface area contributed by atoms with Gasteiger partial charge in [-0.25, -0.2) is 9.59 Å². The molecule has 0 fully saturated rings. The van der Waals surface area contributed by atoms with Crippen LogP contribution in [-0.4, -0.2) is 30.6 Å². The van der Waals surface area contributed by atoms with E-state index in [2.05, 4.69) is 0 Å². The summed E-state index contributed by atoms with van der Waals surface area (Å²) in [6.07, 6.45) is 0. The zero-order valence-corrected chi connectivity index (χ0v) is 11.8. The van der Waals surface area contributed by atoms with Gasteiger partial charge in [0.05, 0.1) is 5.56 Å². The Labute approximate surface area is 125 Å². The normalized spacial score (nSPS) is 10.9. The second-order valence-electron chi connectivity index (χ2n) is 4.14. The predicted molar refractivity (Wildman–Crippen MR) is 74.6 cm³/mol. The molecule has 2 N–H and O–H groups in total. The summed E-state index contributed by atoms with van der Waals surface area (Å²) in [4.78, 5) is 22.1. The largest absolute Gasteiger partial charge is 0.478 e. The van der Waals surface area contributed by atoms with Gasteiger partial charge in [-0.2, -0.15) is 8.42 Å². The second kappa shape index (κ2) is 5.86. The van der Waals surface area contributed by atoms with Crippen LogP contribution in [0.1, 0.15) is 20.7 Å². The van der Waals surface area contributed by atoms with Crippen LogP contribution in [0, 0.1) is 0 Å². The van der Waals surface area contributed by atoms with Crippen molar-refractivity contribution in [2.24, 2.45) is 0 Å². The average Bonchev–Trinajstić information content (AvgIpc) is 2.47. The molecule has 2 rings (SSSR count). The first-order valence-corrected chi connectivity index (χ1v) is 7.33. The Hall–Kier alpha value is -2.87. The van der Waals surface area contributed by atoms with Crippen molar-refractivity contribution in [1.29, 1.82) is 0 Å². The number of rotatable bonds is 5. The van der Waals surface area contributed by atoms with Crippen LogP contribution in [0.25, 0.3) is 0 Å². The highest BCUT2D eigenvalue weighted by molar-refractivity contribution is 7.87. The number of carboxylic acid groups (broad SMARTS) is 2. The lowest BCUT2D eigenvalue weighted by molar-refractivity contribution is 0.0649. The Morgan fingerprint density at radius 3 is 2.05 bits per heavy atom. The molecule has 114 valence electrons. The van der Waals surface area contributed by atoms with Gasteiger partial charge in [0.1, 0.15) is 10.5 Å². The summed E-state index contributed by atoms with van der Waals surface area (Å²) in [7, 11) is -4.27. The molecule has 2 aromatic rings. The van der Waals surface area contributed by atoms with Crippen molar-refractivity contribution >= 4 is 22.1 Å². The number of benzene rings is 2. The van der Waals surface area contributed by atoms with Crippen LogP contribution in [0.3, 0.4) is 0 Å². The average molecular weight is 322 g/mol. The van der Waals surface area contributed by atoms with Crippen molar-refractivity contribution in [1.82, 2.24) is 0 Å². The molecule has 0 aliphatic rings. The third-order valence-corrected chi connectivity index (χ3v) is 3.95. The van der Waals surface area contributed by atoms with Crippen LogP contribution in [-0.2, 0) is 10.1 Å². The van der Waals surface area contributed by atoms with E-state index in [0.717, 1.165) is 12.1 Å². The highest BCUT2D eigenvalue weighted by Gasteiger charge is 2.25. The molecular weight excluding hydrogens is 312 g/mol. The van der Waals surface area contributed by atoms with E-state index in [-0.39, 0.29) is 4.90 Å². The molecule has 0 heterocycles. The van der Waals surface area contributed by atoms with Gasteiger partial charge in [0.15, 0.2) is 5.75 Å². The summed E-state index contributed by atoms with van der Waals surface area (Å²) in [5.41, 5.74) is -1.29. The minimum absolute atomic E-state index is 0.174. The van der Waals surface area contributed by atoms with Crippen molar-refractivity contribution in [3.8, 4) is 5.75 Å². The lowest BCUT2D eigenvalue weighted by atomic mass is 10.1. The van der Waals surface area contributed by atoms with Crippen LogP contribution in [0.15, 0.2) is 53.4 Å². The third-order valence-electron chi connectivity index (χ3n) is 2.70. The van der Waals surface area contributed by atoms with Gasteiger partial charge >= 0.3 is 22.1 Å². The molecule has 8 heteroatoms. The Balaban J connectivity index is 2.53. The Morgan fingerprint density at radius 1 is 0.864 bits per heavy atom. The minimum Gasteiger partial charge on any atom is -0.478 e. The lowest BCUT2D eigenvalue weighted by Gasteiger charge is -2.11. The molecule has 0 spiro atoms. The van der Waals surface area contributed by atoms with Crippen LogP contribution < -0.4 is 4.18 Å². The van der Waals surface area contributed by atoms with Gasteiger partial charge < -0.3 is 14.4 Å². The Morgan fingerprint density at radius 2 is 1.50 bits per heavy atom. The number of carbonyl (C=O) groups is 2. The summed E-state index contributed by atoms with van der Waals surface area (Å²) < 4.78 is 29.0. The molecule has 0 aromatic heterocycles. The predicted octanol–water partition coefficient (Wildman–Crippen LogP) is 1.85. The molecule has 0 atom stereocenters. The van der Waals surface area contributed by atoms with Crippen molar-refractivity contribution in [3.63, 3.8) is 0 Å². The first-order valence-electron chi connectivity index (χ1n) is 5.92. The first kappa shape index (κ1) is 15.5. The molecule has 7 nitrogen and oxygen atoms in total. The summed E-state index contributed by atoms with van der Waals surface area (Å²) in [6, 6.07) is 10.4. The second-order valence-corrected chi connectivity index (χ2v) is 5.69. The van der Waals surface area contributed by atoms with E-state index in [0.29, 0.717) is 0 Å². The lowest BCUT2D eigenvalue weighted by Crippen LogP contribution is -2.15. The van der Waals surface area contributed by atoms with E-state index in [4.69, 9.17) is 14.4 Å². The molecule has 22 heavy (non-hydrogen) atoms. The first-order chi connectivity index (χ1) is 10.3. The maximum Gasteiger partial charge on any atom is 0.340 e. The van der Waals surface area contributed by atoms with Crippen LogP contribution in [0.4, 0.5) is 0 Å². The molecule has 0 saturated carbocycles. The SMILES string of the molecule is O=C(O)c1cccc(OS(=O)(=O)c2ccccc2)c1C(=O)O. The van der Waals surface area contributed by atoms with Gasteiger partial charge in [-0.3, -0.25) is 0 Å². The molecule has 0 amide bonds. The van der Waals surface area contributed by atoms with Gasteiger partial charge in [-0.05, 0) is 24.3 Å². The van der Waals surface area contributed by atoms with E-state index in [1.54, 1.807) is 6.07 Å². The number of aromatic carboxylic acids is 2. The fraction of sp³-hybridized carbons (Fsp3) is 0. The molecule has 2 aromatic carbocycles. The number of hydrogen-bond acceptors (Lipinski definition) is 5. The fourth-order valence-corrected chi connectivity index (χ4v) is 2.71. The summed E-state index contributed by atoms with van der Waals surface area (Å²) in [6.45, 7) is 0. The van der Waals surface area contributed by atoms with Gasteiger partial charge in [0.25, 0.3) is 0 Å². The molecule has 0 saturated heterocycles. The molecule has 0 aliphatic heterocycles. The summed E-state index contributed by atoms with van der Waals surface area (Å²) in [5.74, 6) is -3.66. The Bertz CT molecular complexity index is 826. The van der Waals surface area contributed by atoms with Crippen LogP contribution in [0.5, 0.6) is 5.75 Å². The van der Waals surface area contributed by atoms with E-state index in [1.165, 1.54) is 30.3 Å². The number of carboxylic acids is 2. The van der Waals surface area contributed by atoms with Crippen LogP contribution >= 0.6 is 0 Å². The van der Waals surface area contributed by atoms with Crippen molar-refractivity contribution in [2.75, 3.05) is 0 Å². The number of hydrogen-bond donors (Lipinski definition) is 2. The van der Waals surface area contributed by atoms with Crippen molar-refractivity contribution in [3.05, 3.63) is 59.7 Å². The van der Waals surface area contributed by atoms with Crippen LogP contribution in [0.2, 0.25) is 0 Å². The minimum atomic E-state index is -4.27. The van der Waals surface area contributed by atoms with Gasteiger partial charge in [-0.15, -0.1) is 0 Å². The highest BCUT2D eigenvalue weighted by atomic mass is 32.2. The molecule has 0 bridgehead atoms.